The highest BCUT2D eigenvalue weighted by Crippen LogP contribution is 2.53. The van der Waals surface area contributed by atoms with Crippen LogP contribution in [0.5, 0.6) is 5.75 Å². The second kappa shape index (κ2) is 5.71. The molecule has 0 atom stereocenters. The topological polar surface area (TPSA) is 20.2 Å². The molecule has 3 aromatic carbocycles. The molecular formula is C19H18OP+. The molecule has 3 rings (SSSR count). The second-order valence-electron chi connectivity index (χ2n) is 5.17. The van der Waals surface area contributed by atoms with E-state index in [0.29, 0.717) is 5.75 Å². The van der Waals surface area contributed by atoms with Gasteiger partial charge in [-0.25, -0.2) is 0 Å². The third-order valence-corrected chi connectivity index (χ3v) is 7.91. The fourth-order valence-corrected chi connectivity index (χ4v) is 6.03. The van der Waals surface area contributed by atoms with E-state index in [1.807, 2.05) is 30.3 Å². The highest BCUT2D eigenvalue weighted by atomic mass is 31.2. The minimum absolute atomic E-state index is 0.376. The van der Waals surface area contributed by atoms with Crippen LogP contribution in [-0.2, 0) is 0 Å². The van der Waals surface area contributed by atoms with E-state index in [1.54, 1.807) is 6.07 Å². The smallest absolute Gasteiger partial charge is 0.158 e. The number of aromatic hydroxyl groups is 1. The minimum Gasteiger partial charge on any atom is -0.504 e. The summed E-state index contributed by atoms with van der Waals surface area (Å²) in [5, 5.41) is 14.0. The lowest BCUT2D eigenvalue weighted by atomic mass is 10.3. The first-order valence-corrected chi connectivity index (χ1v) is 9.23. The van der Waals surface area contributed by atoms with Crippen molar-refractivity contribution < 1.29 is 5.11 Å². The maximum Gasteiger partial charge on any atom is 0.158 e. The molecule has 0 spiro atoms. The number of phenolic OH excluding ortho intramolecular Hbond substituents is 1. The van der Waals surface area contributed by atoms with Crippen LogP contribution >= 0.6 is 7.26 Å². The zero-order valence-corrected chi connectivity index (χ0v) is 12.9. The van der Waals surface area contributed by atoms with Crippen molar-refractivity contribution in [2.24, 2.45) is 0 Å². The molecule has 0 aromatic heterocycles. The van der Waals surface area contributed by atoms with Gasteiger partial charge in [0.05, 0.1) is 6.66 Å². The highest BCUT2D eigenvalue weighted by Gasteiger charge is 2.41. The Morgan fingerprint density at radius 1 is 0.619 bits per heavy atom. The Balaban J connectivity index is 2.29. The molecule has 1 nitrogen and oxygen atoms in total. The van der Waals surface area contributed by atoms with Crippen LogP contribution in [-0.4, -0.2) is 11.8 Å². The van der Waals surface area contributed by atoms with E-state index in [4.69, 9.17) is 0 Å². The summed E-state index contributed by atoms with van der Waals surface area (Å²) in [5.74, 6) is 0.376. The van der Waals surface area contributed by atoms with E-state index in [9.17, 15) is 5.11 Å². The zero-order chi connectivity index (χ0) is 14.7. The molecule has 21 heavy (non-hydrogen) atoms. The van der Waals surface area contributed by atoms with Gasteiger partial charge in [-0.3, -0.25) is 0 Å². The van der Waals surface area contributed by atoms with E-state index in [0.717, 1.165) is 5.30 Å². The molecule has 0 saturated heterocycles. The Morgan fingerprint density at radius 2 is 1.05 bits per heavy atom. The Labute approximate surface area is 126 Å². The maximum atomic E-state index is 10.4. The average Bonchev–Trinajstić information content (AvgIpc) is 2.56. The molecule has 0 aliphatic rings. The van der Waals surface area contributed by atoms with Crippen molar-refractivity contribution in [2.45, 2.75) is 0 Å². The zero-order valence-electron chi connectivity index (χ0n) is 12.0. The van der Waals surface area contributed by atoms with Crippen molar-refractivity contribution in [3.8, 4) is 5.75 Å². The summed E-state index contributed by atoms with van der Waals surface area (Å²) in [7, 11) is -1.81. The first-order valence-electron chi connectivity index (χ1n) is 6.99. The van der Waals surface area contributed by atoms with Crippen LogP contribution in [0.4, 0.5) is 0 Å². The van der Waals surface area contributed by atoms with Gasteiger partial charge in [0.2, 0.25) is 0 Å². The molecule has 3 aromatic rings. The molecule has 0 heterocycles. The van der Waals surface area contributed by atoms with Gasteiger partial charge in [0, 0.05) is 0 Å². The number of benzene rings is 3. The summed E-state index contributed by atoms with van der Waals surface area (Å²) in [5.41, 5.74) is 0. The lowest BCUT2D eigenvalue weighted by Crippen LogP contribution is -2.30. The monoisotopic (exact) mass is 293 g/mol. The number of para-hydroxylation sites is 1. The number of rotatable bonds is 3. The molecule has 0 radical (unpaired) electrons. The normalized spacial score (nSPS) is 11.3. The molecule has 0 fully saturated rings. The average molecular weight is 293 g/mol. The molecule has 0 unspecified atom stereocenters. The van der Waals surface area contributed by atoms with Gasteiger partial charge < -0.3 is 5.11 Å². The Kier molecular flexibility index (Phi) is 3.77. The van der Waals surface area contributed by atoms with Crippen molar-refractivity contribution in [2.75, 3.05) is 6.66 Å². The number of hydrogen-bond donors (Lipinski definition) is 1. The molecule has 104 valence electrons. The fraction of sp³-hybridized carbons (Fsp3) is 0.0526. The molecule has 0 aliphatic heterocycles. The van der Waals surface area contributed by atoms with Crippen molar-refractivity contribution in [1.29, 1.82) is 0 Å². The van der Waals surface area contributed by atoms with Crippen molar-refractivity contribution in [3.63, 3.8) is 0 Å². The van der Waals surface area contributed by atoms with Crippen molar-refractivity contribution in [3.05, 3.63) is 84.9 Å². The van der Waals surface area contributed by atoms with Crippen LogP contribution in [0.1, 0.15) is 0 Å². The maximum absolute atomic E-state index is 10.4. The van der Waals surface area contributed by atoms with Gasteiger partial charge in [-0.05, 0) is 36.4 Å². The minimum atomic E-state index is -1.81. The lowest BCUT2D eigenvalue weighted by molar-refractivity contribution is 0.479. The summed E-state index contributed by atoms with van der Waals surface area (Å²) >= 11 is 0. The van der Waals surface area contributed by atoms with E-state index in [2.05, 4.69) is 55.2 Å². The molecular weight excluding hydrogens is 275 g/mol. The summed E-state index contributed by atoms with van der Waals surface area (Å²) in [4.78, 5) is 0. The van der Waals surface area contributed by atoms with Crippen LogP contribution in [0, 0.1) is 0 Å². The Bertz CT molecular complexity index is 683. The molecule has 1 N–H and O–H groups in total. The summed E-state index contributed by atoms with van der Waals surface area (Å²) in [6, 6.07) is 28.7. The molecule has 0 amide bonds. The largest absolute Gasteiger partial charge is 0.504 e. The second-order valence-corrected chi connectivity index (χ2v) is 8.69. The lowest BCUT2D eigenvalue weighted by Gasteiger charge is -2.23. The summed E-state index contributed by atoms with van der Waals surface area (Å²) < 4.78 is 0. The van der Waals surface area contributed by atoms with Crippen molar-refractivity contribution in [1.82, 2.24) is 0 Å². The van der Waals surface area contributed by atoms with Gasteiger partial charge in [-0.2, -0.15) is 0 Å². The first-order chi connectivity index (χ1) is 10.2. The van der Waals surface area contributed by atoms with Gasteiger partial charge in [0.1, 0.15) is 23.2 Å². The van der Waals surface area contributed by atoms with Gasteiger partial charge in [0.25, 0.3) is 0 Å². The Hall–Kier alpha value is -2.11. The van der Waals surface area contributed by atoms with E-state index >= 15 is 0 Å². The third kappa shape index (κ3) is 2.46. The van der Waals surface area contributed by atoms with Crippen LogP contribution in [0.25, 0.3) is 0 Å². The predicted molar refractivity (Wildman–Crippen MR) is 92.7 cm³/mol. The van der Waals surface area contributed by atoms with E-state index in [1.165, 1.54) is 10.6 Å². The van der Waals surface area contributed by atoms with Gasteiger partial charge in [-0.1, -0.05) is 48.5 Å². The van der Waals surface area contributed by atoms with Crippen LogP contribution < -0.4 is 15.9 Å². The fourth-order valence-electron chi connectivity index (χ4n) is 2.72. The first kappa shape index (κ1) is 13.9. The van der Waals surface area contributed by atoms with Gasteiger partial charge in [-0.15, -0.1) is 0 Å². The number of phenols is 1. The standard InChI is InChI=1S/C19H17OP/c1-21(16-10-4-2-5-11-16,17-12-6-3-7-13-17)19-15-9-8-14-18(19)20/h2-15H,1H3/p+1. The third-order valence-electron chi connectivity index (χ3n) is 3.91. The van der Waals surface area contributed by atoms with Crippen LogP contribution in [0.3, 0.4) is 0 Å². The van der Waals surface area contributed by atoms with Crippen molar-refractivity contribution >= 4 is 23.2 Å². The molecule has 0 bridgehead atoms. The summed E-state index contributed by atoms with van der Waals surface area (Å²) in [6.45, 7) is 2.27. The Morgan fingerprint density at radius 3 is 1.52 bits per heavy atom. The predicted octanol–water partition coefficient (Wildman–Crippen LogP) is 3.32. The highest BCUT2D eigenvalue weighted by molar-refractivity contribution is 7.95. The van der Waals surface area contributed by atoms with E-state index in [-0.39, 0.29) is 0 Å². The molecule has 0 saturated carbocycles. The SMILES string of the molecule is C[P+](c1ccccc1)(c1ccccc1)c1ccccc1O. The molecule has 2 heteroatoms. The molecule has 0 aliphatic carbocycles. The van der Waals surface area contributed by atoms with Crippen LogP contribution in [0.15, 0.2) is 84.9 Å². The summed E-state index contributed by atoms with van der Waals surface area (Å²) in [6.07, 6.45) is 0. The van der Waals surface area contributed by atoms with Crippen LogP contribution in [0.2, 0.25) is 0 Å². The van der Waals surface area contributed by atoms with E-state index < -0.39 is 7.26 Å². The quantitative estimate of drug-likeness (QED) is 0.735. The van der Waals surface area contributed by atoms with Gasteiger partial charge in [0.15, 0.2) is 5.75 Å². The number of hydrogen-bond acceptors (Lipinski definition) is 1. The van der Waals surface area contributed by atoms with Gasteiger partial charge >= 0.3 is 0 Å².